The van der Waals surface area contributed by atoms with E-state index < -0.39 is 0 Å². The first-order valence-corrected chi connectivity index (χ1v) is 6.37. The number of hydrogen-bond acceptors (Lipinski definition) is 2. The summed E-state index contributed by atoms with van der Waals surface area (Å²) < 4.78 is 0. The summed E-state index contributed by atoms with van der Waals surface area (Å²) >= 11 is 0. The van der Waals surface area contributed by atoms with Crippen molar-refractivity contribution in [3.05, 3.63) is 0 Å². The zero-order valence-corrected chi connectivity index (χ0v) is 10.9. The molecular weight excluding hydrogens is 184 g/mol. The van der Waals surface area contributed by atoms with Crippen LogP contribution in [-0.2, 0) is 0 Å². The maximum absolute atomic E-state index is 5.79. The van der Waals surface area contributed by atoms with Gasteiger partial charge in [-0.15, -0.1) is 0 Å². The van der Waals surface area contributed by atoms with Crippen molar-refractivity contribution >= 4 is 0 Å². The van der Waals surface area contributed by atoms with Gasteiger partial charge in [-0.3, -0.25) is 0 Å². The third-order valence-corrected chi connectivity index (χ3v) is 3.69. The molecular formula is C13H28N2. The van der Waals surface area contributed by atoms with Gasteiger partial charge in [0.05, 0.1) is 0 Å². The van der Waals surface area contributed by atoms with E-state index >= 15 is 0 Å². The normalized spacial score (nSPS) is 24.8. The highest BCUT2D eigenvalue weighted by atomic mass is 15.1. The highest BCUT2D eigenvalue weighted by Gasteiger charge is 2.26. The van der Waals surface area contributed by atoms with E-state index in [0.717, 1.165) is 24.9 Å². The van der Waals surface area contributed by atoms with Crippen LogP contribution in [0.1, 0.15) is 40.5 Å². The molecule has 90 valence electrons. The first-order valence-electron chi connectivity index (χ1n) is 6.37. The van der Waals surface area contributed by atoms with Crippen LogP contribution in [0.3, 0.4) is 0 Å². The number of likely N-dealkylation sites (tertiary alicyclic amines) is 1. The van der Waals surface area contributed by atoms with Gasteiger partial charge in [0.25, 0.3) is 0 Å². The van der Waals surface area contributed by atoms with Crippen LogP contribution in [0.25, 0.3) is 0 Å². The van der Waals surface area contributed by atoms with Gasteiger partial charge in [-0.25, -0.2) is 0 Å². The smallest absolute Gasteiger partial charge is 0.00449 e. The van der Waals surface area contributed by atoms with Gasteiger partial charge in [0.2, 0.25) is 0 Å². The Balaban J connectivity index is 2.43. The van der Waals surface area contributed by atoms with Gasteiger partial charge < -0.3 is 10.6 Å². The second kappa shape index (κ2) is 5.31. The largest absolute Gasteiger partial charge is 0.330 e. The van der Waals surface area contributed by atoms with Crippen molar-refractivity contribution in [2.45, 2.75) is 40.5 Å². The van der Waals surface area contributed by atoms with E-state index in [0.29, 0.717) is 0 Å². The lowest BCUT2D eigenvalue weighted by Gasteiger charge is -2.38. The van der Waals surface area contributed by atoms with E-state index in [1.807, 2.05) is 0 Å². The predicted molar refractivity (Wildman–Crippen MR) is 66.8 cm³/mol. The zero-order valence-electron chi connectivity index (χ0n) is 10.9. The molecule has 2 nitrogen and oxygen atoms in total. The van der Waals surface area contributed by atoms with Gasteiger partial charge in [-0.2, -0.15) is 0 Å². The fraction of sp³-hybridized carbons (Fsp3) is 1.00. The number of nitrogens with zero attached hydrogens (tertiary/aromatic N) is 1. The quantitative estimate of drug-likeness (QED) is 0.775. The summed E-state index contributed by atoms with van der Waals surface area (Å²) in [6.45, 7) is 13.7. The first-order chi connectivity index (χ1) is 6.94. The van der Waals surface area contributed by atoms with Gasteiger partial charge in [-0.05, 0) is 43.2 Å². The Bertz CT molecular complexity index is 187. The monoisotopic (exact) mass is 212 g/mol. The van der Waals surface area contributed by atoms with Gasteiger partial charge in [0.1, 0.15) is 0 Å². The molecule has 0 aliphatic carbocycles. The van der Waals surface area contributed by atoms with Crippen LogP contribution < -0.4 is 5.73 Å². The summed E-state index contributed by atoms with van der Waals surface area (Å²) in [4.78, 5) is 2.61. The molecule has 0 aromatic heterocycles. The van der Waals surface area contributed by atoms with E-state index in [4.69, 9.17) is 5.73 Å². The molecule has 0 spiro atoms. The van der Waals surface area contributed by atoms with Crippen molar-refractivity contribution in [1.29, 1.82) is 0 Å². The second-order valence-electron chi connectivity index (χ2n) is 6.25. The molecule has 2 heteroatoms. The minimum Gasteiger partial charge on any atom is -0.330 e. The summed E-state index contributed by atoms with van der Waals surface area (Å²) in [5.74, 6) is 1.72. The van der Waals surface area contributed by atoms with Gasteiger partial charge in [-0.1, -0.05) is 27.7 Å². The standard InChI is InChI=1S/C13H28N2/c1-11(2)12-6-5-7-15(8-12)10-13(3,4)9-14/h11-12H,5-10,14H2,1-4H3/t12-/m0/s1. The Hall–Kier alpha value is -0.0800. The lowest BCUT2D eigenvalue weighted by Crippen LogP contribution is -2.44. The molecule has 0 amide bonds. The molecule has 1 atom stereocenters. The molecule has 1 rings (SSSR count). The maximum Gasteiger partial charge on any atom is 0.00449 e. The molecule has 0 bridgehead atoms. The summed E-state index contributed by atoms with van der Waals surface area (Å²) in [6, 6.07) is 0. The predicted octanol–water partition coefficient (Wildman–Crippen LogP) is 2.34. The molecule has 0 radical (unpaired) electrons. The van der Waals surface area contributed by atoms with E-state index in [-0.39, 0.29) is 5.41 Å². The highest BCUT2D eigenvalue weighted by Crippen LogP contribution is 2.25. The van der Waals surface area contributed by atoms with Gasteiger partial charge >= 0.3 is 0 Å². The van der Waals surface area contributed by atoms with Crippen LogP contribution in [0.2, 0.25) is 0 Å². The summed E-state index contributed by atoms with van der Waals surface area (Å²) in [7, 11) is 0. The van der Waals surface area contributed by atoms with Crippen molar-refractivity contribution < 1.29 is 0 Å². The number of nitrogens with two attached hydrogens (primary N) is 1. The molecule has 0 saturated carbocycles. The second-order valence-corrected chi connectivity index (χ2v) is 6.25. The fourth-order valence-electron chi connectivity index (χ4n) is 2.45. The molecule has 1 saturated heterocycles. The average molecular weight is 212 g/mol. The lowest BCUT2D eigenvalue weighted by molar-refractivity contribution is 0.105. The van der Waals surface area contributed by atoms with Crippen LogP contribution in [0.5, 0.6) is 0 Å². The van der Waals surface area contributed by atoms with Crippen molar-refractivity contribution in [3.8, 4) is 0 Å². The third kappa shape index (κ3) is 4.12. The van der Waals surface area contributed by atoms with Crippen LogP contribution in [0.4, 0.5) is 0 Å². The maximum atomic E-state index is 5.79. The molecule has 1 heterocycles. The van der Waals surface area contributed by atoms with E-state index in [1.54, 1.807) is 0 Å². The Kier molecular flexibility index (Phi) is 4.60. The molecule has 1 aliphatic rings. The zero-order chi connectivity index (χ0) is 11.5. The highest BCUT2D eigenvalue weighted by molar-refractivity contribution is 4.80. The fourth-order valence-corrected chi connectivity index (χ4v) is 2.45. The van der Waals surface area contributed by atoms with Crippen LogP contribution in [0, 0.1) is 17.3 Å². The van der Waals surface area contributed by atoms with Crippen LogP contribution in [-0.4, -0.2) is 31.1 Å². The molecule has 1 fully saturated rings. The number of rotatable bonds is 4. The molecule has 1 aliphatic heterocycles. The Morgan fingerprint density at radius 2 is 2.07 bits per heavy atom. The summed E-state index contributed by atoms with van der Waals surface area (Å²) in [6.07, 6.45) is 2.78. The van der Waals surface area contributed by atoms with E-state index in [9.17, 15) is 0 Å². The summed E-state index contributed by atoms with van der Waals surface area (Å²) in [5, 5.41) is 0. The topological polar surface area (TPSA) is 29.3 Å². The molecule has 0 unspecified atom stereocenters. The average Bonchev–Trinajstić information content (AvgIpc) is 2.17. The Morgan fingerprint density at radius 1 is 1.40 bits per heavy atom. The van der Waals surface area contributed by atoms with E-state index in [2.05, 4.69) is 32.6 Å². The minimum atomic E-state index is 0.277. The van der Waals surface area contributed by atoms with Gasteiger partial charge in [0.15, 0.2) is 0 Å². The van der Waals surface area contributed by atoms with Crippen molar-refractivity contribution in [2.24, 2.45) is 23.0 Å². The Labute approximate surface area is 95.2 Å². The molecule has 2 N–H and O–H groups in total. The van der Waals surface area contributed by atoms with Crippen molar-refractivity contribution in [3.63, 3.8) is 0 Å². The molecule has 0 aromatic rings. The number of piperidine rings is 1. The Morgan fingerprint density at radius 3 is 2.60 bits per heavy atom. The minimum absolute atomic E-state index is 0.277. The molecule has 15 heavy (non-hydrogen) atoms. The number of hydrogen-bond donors (Lipinski definition) is 1. The SMILES string of the molecule is CC(C)[C@H]1CCCN(CC(C)(C)CN)C1. The van der Waals surface area contributed by atoms with Crippen molar-refractivity contribution in [2.75, 3.05) is 26.2 Å². The van der Waals surface area contributed by atoms with Crippen molar-refractivity contribution in [1.82, 2.24) is 4.90 Å². The third-order valence-electron chi connectivity index (χ3n) is 3.69. The van der Waals surface area contributed by atoms with Crippen LogP contribution >= 0.6 is 0 Å². The first kappa shape index (κ1) is 13.0. The van der Waals surface area contributed by atoms with E-state index in [1.165, 1.54) is 25.9 Å². The van der Waals surface area contributed by atoms with Crippen LogP contribution in [0.15, 0.2) is 0 Å². The lowest BCUT2D eigenvalue weighted by atomic mass is 9.86. The molecule has 0 aromatic carbocycles. The van der Waals surface area contributed by atoms with Gasteiger partial charge in [0, 0.05) is 13.1 Å². The summed E-state index contributed by atoms with van der Waals surface area (Å²) in [5.41, 5.74) is 6.07.